The Bertz CT molecular complexity index is 1030. The van der Waals surface area contributed by atoms with Crippen LogP contribution in [0.25, 0.3) is 10.9 Å². The number of carbonyl (C=O) groups excluding carboxylic acids is 1. The predicted octanol–water partition coefficient (Wildman–Crippen LogP) is 3.73. The van der Waals surface area contributed by atoms with Crippen molar-refractivity contribution in [1.82, 2.24) is 4.57 Å². The van der Waals surface area contributed by atoms with Crippen LogP contribution in [-0.4, -0.2) is 42.8 Å². The number of nitrogens with zero attached hydrogens (tertiary/aromatic N) is 2. The van der Waals surface area contributed by atoms with Gasteiger partial charge in [-0.15, -0.1) is 0 Å². The molecule has 3 aromatic rings. The van der Waals surface area contributed by atoms with Crippen molar-refractivity contribution >= 4 is 28.5 Å². The minimum Gasteiger partial charge on any atom is -0.497 e. The van der Waals surface area contributed by atoms with E-state index < -0.39 is 5.97 Å². The molecule has 28 heavy (non-hydrogen) atoms. The molecule has 0 atom stereocenters. The summed E-state index contributed by atoms with van der Waals surface area (Å²) in [6.45, 7) is 1.86. The van der Waals surface area contributed by atoms with E-state index >= 15 is 0 Å². The SMILES string of the molecule is COc1ccc2c(c1)c(CCC(=O)O)c(C)n2C(=O)c1ccc(N(C)C)cc1. The maximum atomic E-state index is 13.3. The molecule has 6 nitrogen and oxygen atoms in total. The summed E-state index contributed by atoms with van der Waals surface area (Å²) in [5.41, 5.74) is 3.95. The van der Waals surface area contributed by atoms with Gasteiger partial charge in [0.15, 0.2) is 0 Å². The number of benzene rings is 2. The van der Waals surface area contributed by atoms with Gasteiger partial charge in [-0.25, -0.2) is 0 Å². The Kier molecular flexibility index (Phi) is 5.40. The van der Waals surface area contributed by atoms with E-state index in [1.54, 1.807) is 11.7 Å². The first-order valence-electron chi connectivity index (χ1n) is 9.05. The number of hydrogen-bond donors (Lipinski definition) is 1. The highest BCUT2D eigenvalue weighted by Crippen LogP contribution is 2.31. The molecule has 0 bridgehead atoms. The lowest BCUT2D eigenvalue weighted by Gasteiger charge is -2.13. The van der Waals surface area contributed by atoms with Crippen LogP contribution in [0, 0.1) is 6.92 Å². The topological polar surface area (TPSA) is 71.8 Å². The standard InChI is InChI=1S/C22H24N2O4/c1-14-18(10-12-21(25)26)19-13-17(28-4)9-11-20(19)24(14)22(27)15-5-7-16(8-6-15)23(2)3/h5-9,11,13H,10,12H2,1-4H3,(H,25,26). The Morgan fingerprint density at radius 2 is 1.79 bits per heavy atom. The van der Waals surface area contributed by atoms with Crippen LogP contribution < -0.4 is 9.64 Å². The number of carboxylic acids is 1. The largest absolute Gasteiger partial charge is 0.497 e. The Morgan fingerprint density at radius 3 is 2.36 bits per heavy atom. The fourth-order valence-corrected chi connectivity index (χ4v) is 3.43. The Labute approximate surface area is 163 Å². The second-order valence-electron chi connectivity index (χ2n) is 6.92. The summed E-state index contributed by atoms with van der Waals surface area (Å²) in [6, 6.07) is 12.9. The molecule has 0 aliphatic carbocycles. The molecule has 0 saturated heterocycles. The number of aromatic nitrogens is 1. The number of ether oxygens (including phenoxy) is 1. The summed E-state index contributed by atoms with van der Waals surface area (Å²) >= 11 is 0. The molecule has 2 aromatic carbocycles. The minimum absolute atomic E-state index is 0.00286. The fourth-order valence-electron chi connectivity index (χ4n) is 3.43. The summed E-state index contributed by atoms with van der Waals surface area (Å²) in [6.07, 6.45) is 0.355. The Balaban J connectivity index is 2.12. The molecule has 1 N–H and O–H groups in total. The fraction of sp³-hybridized carbons (Fsp3) is 0.273. The van der Waals surface area contributed by atoms with E-state index in [0.29, 0.717) is 17.7 Å². The van der Waals surface area contributed by atoms with E-state index in [2.05, 4.69) is 0 Å². The van der Waals surface area contributed by atoms with Gasteiger partial charge in [-0.05, 0) is 61.4 Å². The number of aliphatic carboxylic acids is 1. The second-order valence-corrected chi connectivity index (χ2v) is 6.92. The van der Waals surface area contributed by atoms with Crippen LogP contribution in [0.3, 0.4) is 0 Å². The molecule has 1 aromatic heterocycles. The zero-order chi connectivity index (χ0) is 20.4. The average Bonchev–Trinajstić information content (AvgIpc) is 2.96. The molecule has 0 spiro atoms. The molecular weight excluding hydrogens is 356 g/mol. The monoisotopic (exact) mass is 380 g/mol. The highest BCUT2D eigenvalue weighted by atomic mass is 16.5. The zero-order valence-corrected chi connectivity index (χ0v) is 16.5. The summed E-state index contributed by atoms with van der Waals surface area (Å²) < 4.78 is 6.98. The van der Waals surface area contributed by atoms with Crippen molar-refractivity contribution in [1.29, 1.82) is 0 Å². The van der Waals surface area contributed by atoms with Crippen LogP contribution in [0.1, 0.15) is 28.0 Å². The van der Waals surface area contributed by atoms with Crippen molar-refractivity contribution in [2.75, 3.05) is 26.1 Å². The number of methoxy groups -OCH3 is 1. The first kappa shape index (κ1) is 19.5. The van der Waals surface area contributed by atoms with Crippen molar-refractivity contribution in [3.63, 3.8) is 0 Å². The molecule has 3 rings (SSSR count). The summed E-state index contributed by atoms with van der Waals surface area (Å²) in [4.78, 5) is 26.3. The van der Waals surface area contributed by atoms with Gasteiger partial charge < -0.3 is 14.7 Å². The molecule has 1 heterocycles. The summed E-state index contributed by atoms with van der Waals surface area (Å²) in [7, 11) is 5.48. The van der Waals surface area contributed by atoms with Gasteiger partial charge >= 0.3 is 5.97 Å². The van der Waals surface area contributed by atoms with Crippen molar-refractivity contribution in [3.05, 3.63) is 59.3 Å². The maximum absolute atomic E-state index is 13.3. The highest BCUT2D eigenvalue weighted by Gasteiger charge is 2.21. The van der Waals surface area contributed by atoms with E-state index in [9.17, 15) is 9.59 Å². The van der Waals surface area contributed by atoms with Gasteiger partial charge in [0.25, 0.3) is 5.91 Å². The van der Waals surface area contributed by atoms with Crippen LogP contribution in [0.5, 0.6) is 5.75 Å². The third-order valence-corrected chi connectivity index (χ3v) is 4.96. The number of aryl methyl sites for hydroxylation is 1. The first-order chi connectivity index (χ1) is 13.3. The normalized spacial score (nSPS) is 10.9. The van der Waals surface area contributed by atoms with Gasteiger partial charge in [0.1, 0.15) is 5.75 Å². The Morgan fingerprint density at radius 1 is 1.11 bits per heavy atom. The molecule has 146 valence electrons. The van der Waals surface area contributed by atoms with Gasteiger partial charge in [0.2, 0.25) is 0 Å². The van der Waals surface area contributed by atoms with E-state index in [0.717, 1.165) is 27.8 Å². The smallest absolute Gasteiger partial charge is 0.303 e. The number of carbonyl (C=O) groups is 2. The third-order valence-electron chi connectivity index (χ3n) is 4.96. The minimum atomic E-state index is -0.867. The quantitative estimate of drug-likeness (QED) is 0.705. The van der Waals surface area contributed by atoms with Crippen molar-refractivity contribution < 1.29 is 19.4 Å². The van der Waals surface area contributed by atoms with E-state index in [4.69, 9.17) is 9.84 Å². The van der Waals surface area contributed by atoms with Crippen molar-refractivity contribution in [3.8, 4) is 5.75 Å². The van der Waals surface area contributed by atoms with E-state index in [1.807, 2.05) is 68.4 Å². The van der Waals surface area contributed by atoms with Crippen LogP contribution >= 0.6 is 0 Å². The number of anilines is 1. The Hall–Kier alpha value is -3.28. The van der Waals surface area contributed by atoms with Gasteiger partial charge in [-0.1, -0.05) is 0 Å². The summed E-state index contributed by atoms with van der Waals surface area (Å²) in [5.74, 6) is -0.336. The number of rotatable bonds is 6. The number of carboxylic acid groups (broad SMARTS) is 1. The summed E-state index contributed by atoms with van der Waals surface area (Å²) in [5, 5.41) is 9.94. The van der Waals surface area contributed by atoms with Gasteiger partial charge in [-0.3, -0.25) is 14.2 Å². The lowest BCUT2D eigenvalue weighted by atomic mass is 10.1. The van der Waals surface area contributed by atoms with Gasteiger partial charge in [0.05, 0.1) is 12.6 Å². The van der Waals surface area contributed by atoms with E-state index in [-0.39, 0.29) is 12.3 Å². The maximum Gasteiger partial charge on any atom is 0.303 e. The predicted molar refractivity (Wildman–Crippen MR) is 110 cm³/mol. The number of fused-ring (bicyclic) bond motifs is 1. The van der Waals surface area contributed by atoms with Gasteiger partial charge in [0, 0.05) is 42.8 Å². The van der Waals surface area contributed by atoms with Crippen LogP contribution in [-0.2, 0) is 11.2 Å². The molecular formula is C22H24N2O4. The molecule has 6 heteroatoms. The highest BCUT2D eigenvalue weighted by molar-refractivity contribution is 6.04. The third kappa shape index (κ3) is 3.58. The van der Waals surface area contributed by atoms with Crippen LogP contribution in [0.4, 0.5) is 5.69 Å². The molecule has 0 unspecified atom stereocenters. The van der Waals surface area contributed by atoms with Crippen molar-refractivity contribution in [2.45, 2.75) is 19.8 Å². The molecule has 0 radical (unpaired) electrons. The first-order valence-corrected chi connectivity index (χ1v) is 9.05. The van der Waals surface area contributed by atoms with E-state index in [1.165, 1.54) is 0 Å². The molecule has 0 fully saturated rings. The molecule has 0 saturated carbocycles. The second kappa shape index (κ2) is 7.76. The lowest BCUT2D eigenvalue weighted by Crippen LogP contribution is -2.14. The average molecular weight is 380 g/mol. The van der Waals surface area contributed by atoms with Crippen molar-refractivity contribution in [2.24, 2.45) is 0 Å². The van der Waals surface area contributed by atoms with Crippen LogP contribution in [0.2, 0.25) is 0 Å². The molecule has 0 aliphatic rings. The number of hydrogen-bond acceptors (Lipinski definition) is 4. The lowest BCUT2D eigenvalue weighted by molar-refractivity contribution is -0.136. The molecule has 0 amide bonds. The molecule has 0 aliphatic heterocycles. The van der Waals surface area contributed by atoms with Crippen LogP contribution in [0.15, 0.2) is 42.5 Å². The zero-order valence-electron chi connectivity index (χ0n) is 16.5. The van der Waals surface area contributed by atoms with Gasteiger partial charge in [-0.2, -0.15) is 0 Å².